The lowest BCUT2D eigenvalue weighted by Gasteiger charge is -2.35. The van der Waals surface area contributed by atoms with Crippen LogP contribution < -0.4 is 0 Å². The summed E-state index contributed by atoms with van der Waals surface area (Å²) in [6.45, 7) is 4.59. The number of hydrogen-bond acceptors (Lipinski definition) is 4. The van der Waals surface area contributed by atoms with Gasteiger partial charge in [0, 0.05) is 43.7 Å². The van der Waals surface area contributed by atoms with E-state index >= 15 is 0 Å². The molecule has 2 fully saturated rings. The molecule has 1 saturated heterocycles. The largest absolute Gasteiger partial charge is 0.338 e. The second-order valence-electron chi connectivity index (χ2n) is 8.49. The molecule has 2 aliphatic heterocycles. The zero-order chi connectivity index (χ0) is 18.9. The van der Waals surface area contributed by atoms with Crippen LogP contribution in [0.15, 0.2) is 30.3 Å². The van der Waals surface area contributed by atoms with E-state index in [4.69, 9.17) is 0 Å². The number of hydrogen-bond donors (Lipinski definition) is 0. The second kappa shape index (κ2) is 7.66. The predicted molar refractivity (Wildman–Crippen MR) is 107 cm³/mol. The summed E-state index contributed by atoms with van der Waals surface area (Å²) < 4.78 is 2.34. The zero-order valence-electron chi connectivity index (χ0n) is 16.5. The molecule has 3 heterocycles. The number of aromatic nitrogens is 3. The Labute approximate surface area is 166 Å². The number of nitrogens with zero attached hydrogens (tertiary/aromatic N) is 5. The molecule has 0 bridgehead atoms. The molecular weight excluding hydrogens is 350 g/mol. The van der Waals surface area contributed by atoms with Crippen molar-refractivity contribution >= 4 is 5.91 Å². The van der Waals surface area contributed by atoms with Gasteiger partial charge in [0.15, 0.2) is 0 Å². The van der Waals surface area contributed by atoms with Gasteiger partial charge in [0.05, 0.1) is 6.54 Å². The molecule has 148 valence electrons. The third-order valence-electron chi connectivity index (χ3n) is 6.75. The standard InChI is InChI=1S/C22H29N5O/c28-22(17-7-2-1-3-8-17)26-12-6-9-18(15-26)21-24-23-20-16-25(13-14-27(20)21)19-10-4-5-11-19/h1-3,7-8,18-19H,4-6,9-16H2. The van der Waals surface area contributed by atoms with Gasteiger partial charge in [-0.05, 0) is 37.8 Å². The highest BCUT2D eigenvalue weighted by atomic mass is 16.2. The van der Waals surface area contributed by atoms with E-state index in [0.29, 0.717) is 5.92 Å². The molecule has 1 aliphatic carbocycles. The average Bonchev–Trinajstić information content (AvgIpc) is 3.43. The average molecular weight is 380 g/mol. The van der Waals surface area contributed by atoms with Gasteiger partial charge in [0.1, 0.15) is 11.6 Å². The molecule has 1 saturated carbocycles. The van der Waals surface area contributed by atoms with Crippen LogP contribution in [0.3, 0.4) is 0 Å². The quantitative estimate of drug-likeness (QED) is 0.822. The lowest BCUT2D eigenvalue weighted by molar-refractivity contribution is 0.0701. The monoisotopic (exact) mass is 379 g/mol. The molecule has 6 heteroatoms. The number of carbonyl (C=O) groups is 1. The first kappa shape index (κ1) is 17.9. The van der Waals surface area contributed by atoms with Crippen LogP contribution in [0.5, 0.6) is 0 Å². The van der Waals surface area contributed by atoms with Crippen molar-refractivity contribution in [3.8, 4) is 0 Å². The fourth-order valence-corrected chi connectivity index (χ4v) is 5.22. The highest BCUT2D eigenvalue weighted by Gasteiger charge is 2.32. The fourth-order valence-electron chi connectivity index (χ4n) is 5.22. The minimum atomic E-state index is 0.135. The Morgan fingerprint density at radius 2 is 1.75 bits per heavy atom. The lowest BCUT2D eigenvalue weighted by Crippen LogP contribution is -2.42. The molecule has 6 nitrogen and oxygen atoms in total. The van der Waals surface area contributed by atoms with E-state index in [-0.39, 0.29) is 5.91 Å². The van der Waals surface area contributed by atoms with Crippen LogP contribution in [0.4, 0.5) is 0 Å². The number of amides is 1. The highest BCUT2D eigenvalue weighted by Crippen LogP contribution is 2.30. The topological polar surface area (TPSA) is 54.3 Å². The van der Waals surface area contributed by atoms with Crippen molar-refractivity contribution in [3.63, 3.8) is 0 Å². The van der Waals surface area contributed by atoms with Gasteiger partial charge < -0.3 is 9.47 Å². The van der Waals surface area contributed by atoms with Gasteiger partial charge in [-0.25, -0.2) is 0 Å². The van der Waals surface area contributed by atoms with Crippen molar-refractivity contribution in [3.05, 3.63) is 47.5 Å². The third-order valence-corrected chi connectivity index (χ3v) is 6.75. The van der Waals surface area contributed by atoms with Crippen LogP contribution in [0, 0.1) is 0 Å². The molecule has 3 aliphatic rings. The number of fused-ring (bicyclic) bond motifs is 1. The summed E-state index contributed by atoms with van der Waals surface area (Å²) in [7, 11) is 0. The van der Waals surface area contributed by atoms with Gasteiger partial charge in [-0.2, -0.15) is 0 Å². The minimum absolute atomic E-state index is 0.135. The first-order chi connectivity index (χ1) is 13.8. The van der Waals surface area contributed by atoms with E-state index in [1.807, 2.05) is 35.2 Å². The number of likely N-dealkylation sites (tertiary alicyclic amines) is 1. The van der Waals surface area contributed by atoms with Gasteiger partial charge >= 0.3 is 0 Å². The molecule has 0 spiro atoms. The van der Waals surface area contributed by atoms with E-state index in [0.717, 1.165) is 68.8 Å². The Bertz CT molecular complexity index is 827. The smallest absolute Gasteiger partial charge is 0.253 e. The van der Waals surface area contributed by atoms with E-state index in [1.165, 1.54) is 25.7 Å². The maximum Gasteiger partial charge on any atom is 0.253 e. The number of piperidine rings is 1. The van der Waals surface area contributed by atoms with Crippen LogP contribution in [-0.4, -0.2) is 56.1 Å². The summed E-state index contributed by atoms with van der Waals surface area (Å²) in [5.41, 5.74) is 0.777. The SMILES string of the molecule is O=C(c1ccccc1)N1CCCC(c2nnc3n2CCN(C2CCCC2)C3)C1. The molecule has 1 aromatic heterocycles. The summed E-state index contributed by atoms with van der Waals surface area (Å²) in [6, 6.07) is 10.4. The Balaban J connectivity index is 1.30. The number of benzene rings is 1. The van der Waals surface area contributed by atoms with E-state index < -0.39 is 0 Å². The Kier molecular flexibility index (Phi) is 4.89. The molecule has 0 radical (unpaired) electrons. The van der Waals surface area contributed by atoms with Crippen LogP contribution in [0.1, 0.15) is 66.4 Å². The number of rotatable bonds is 3. The molecule has 2 aromatic rings. The molecule has 28 heavy (non-hydrogen) atoms. The van der Waals surface area contributed by atoms with Crippen molar-refractivity contribution < 1.29 is 4.79 Å². The molecule has 1 atom stereocenters. The summed E-state index contributed by atoms with van der Waals surface area (Å²) in [6.07, 6.45) is 7.52. The van der Waals surface area contributed by atoms with Crippen molar-refractivity contribution in [2.75, 3.05) is 19.6 Å². The lowest BCUT2D eigenvalue weighted by atomic mass is 9.96. The Morgan fingerprint density at radius 1 is 0.929 bits per heavy atom. The normalized spacial score (nSPS) is 23.7. The molecule has 0 N–H and O–H groups in total. The van der Waals surface area contributed by atoms with Crippen LogP contribution in [0.25, 0.3) is 0 Å². The van der Waals surface area contributed by atoms with E-state index in [1.54, 1.807) is 0 Å². The molecule has 1 aromatic carbocycles. The molecule has 5 rings (SSSR count). The summed E-state index contributed by atoms with van der Waals surface area (Å²) in [4.78, 5) is 17.5. The summed E-state index contributed by atoms with van der Waals surface area (Å²) in [5, 5.41) is 9.15. The van der Waals surface area contributed by atoms with Gasteiger partial charge in [0.2, 0.25) is 0 Å². The molecule has 1 amide bonds. The van der Waals surface area contributed by atoms with Crippen LogP contribution in [0.2, 0.25) is 0 Å². The first-order valence-electron chi connectivity index (χ1n) is 10.8. The van der Waals surface area contributed by atoms with Gasteiger partial charge in [-0.1, -0.05) is 31.0 Å². The molecule has 1 unspecified atom stereocenters. The van der Waals surface area contributed by atoms with Gasteiger partial charge in [-0.3, -0.25) is 9.69 Å². The predicted octanol–water partition coefficient (Wildman–Crippen LogP) is 3.06. The van der Waals surface area contributed by atoms with Gasteiger partial charge in [0.25, 0.3) is 5.91 Å². The molecular formula is C22H29N5O. The second-order valence-corrected chi connectivity index (χ2v) is 8.49. The Hall–Kier alpha value is -2.21. The number of carbonyl (C=O) groups excluding carboxylic acids is 1. The summed E-state index contributed by atoms with van der Waals surface area (Å²) >= 11 is 0. The maximum atomic E-state index is 12.9. The van der Waals surface area contributed by atoms with Crippen LogP contribution in [-0.2, 0) is 13.1 Å². The fraction of sp³-hybridized carbons (Fsp3) is 0.591. The maximum absolute atomic E-state index is 12.9. The minimum Gasteiger partial charge on any atom is -0.338 e. The van der Waals surface area contributed by atoms with Crippen molar-refractivity contribution in [2.45, 2.75) is 63.6 Å². The van der Waals surface area contributed by atoms with Crippen molar-refractivity contribution in [2.24, 2.45) is 0 Å². The zero-order valence-corrected chi connectivity index (χ0v) is 16.5. The Morgan fingerprint density at radius 3 is 2.57 bits per heavy atom. The third kappa shape index (κ3) is 3.34. The van der Waals surface area contributed by atoms with E-state index in [9.17, 15) is 4.79 Å². The highest BCUT2D eigenvalue weighted by molar-refractivity contribution is 5.94. The van der Waals surface area contributed by atoms with E-state index in [2.05, 4.69) is 19.7 Å². The van der Waals surface area contributed by atoms with Crippen molar-refractivity contribution in [1.82, 2.24) is 24.6 Å². The first-order valence-corrected chi connectivity index (χ1v) is 10.8. The van der Waals surface area contributed by atoms with Crippen molar-refractivity contribution in [1.29, 1.82) is 0 Å². The summed E-state index contributed by atoms with van der Waals surface area (Å²) in [5.74, 6) is 2.63. The van der Waals surface area contributed by atoms with Crippen LogP contribution >= 0.6 is 0 Å². The van der Waals surface area contributed by atoms with Gasteiger partial charge in [-0.15, -0.1) is 10.2 Å².